The van der Waals surface area contributed by atoms with E-state index in [1.165, 1.54) is 11.8 Å². The van der Waals surface area contributed by atoms with E-state index in [9.17, 15) is 9.59 Å². The number of aliphatic hydroxyl groups excluding tert-OH is 1. The second-order valence-electron chi connectivity index (χ2n) is 5.49. The number of hydrogen-bond donors (Lipinski definition) is 3. The molecule has 0 aliphatic rings. The molecule has 24 heavy (non-hydrogen) atoms. The number of rotatable bonds is 6. The number of benzene rings is 1. The van der Waals surface area contributed by atoms with Crippen molar-refractivity contribution in [2.75, 3.05) is 17.7 Å². The average molecular weight is 347 g/mol. The van der Waals surface area contributed by atoms with E-state index in [2.05, 4.69) is 15.3 Å². The molecule has 128 valence electrons. The number of hydrogen-bond acceptors (Lipinski definition) is 5. The van der Waals surface area contributed by atoms with Gasteiger partial charge in [0.1, 0.15) is 0 Å². The van der Waals surface area contributed by atoms with Crippen LogP contribution in [0.4, 0.5) is 5.69 Å². The predicted molar refractivity (Wildman–Crippen MR) is 95.7 cm³/mol. The number of amides is 1. The number of aromatic nitrogens is 2. The van der Waals surface area contributed by atoms with Crippen LogP contribution in [0.1, 0.15) is 22.4 Å². The maximum atomic E-state index is 12.1. The van der Waals surface area contributed by atoms with Crippen LogP contribution >= 0.6 is 11.8 Å². The summed E-state index contributed by atoms with van der Waals surface area (Å²) >= 11 is 1.17. The van der Waals surface area contributed by atoms with Crippen molar-refractivity contribution in [1.82, 2.24) is 9.97 Å². The molecule has 2 rings (SSSR count). The van der Waals surface area contributed by atoms with Gasteiger partial charge in [-0.2, -0.15) is 0 Å². The van der Waals surface area contributed by atoms with E-state index >= 15 is 0 Å². The number of carbonyl (C=O) groups is 1. The highest BCUT2D eigenvalue weighted by molar-refractivity contribution is 7.99. The van der Waals surface area contributed by atoms with Crippen molar-refractivity contribution in [3.63, 3.8) is 0 Å². The largest absolute Gasteiger partial charge is 0.396 e. The molecule has 1 amide bonds. The molecular formula is C17H21N3O3S. The van der Waals surface area contributed by atoms with Gasteiger partial charge < -0.3 is 15.4 Å². The SMILES string of the molecule is Cc1cccc(NC(=O)CSc2nc(C)c(CCO)c(=O)[nH]2)c1C. The number of aromatic amines is 1. The number of thioether (sulfide) groups is 1. The lowest BCUT2D eigenvalue weighted by Gasteiger charge is -2.10. The molecule has 1 heterocycles. The van der Waals surface area contributed by atoms with Gasteiger partial charge in [0.15, 0.2) is 5.16 Å². The Morgan fingerprint density at radius 1 is 1.33 bits per heavy atom. The molecule has 0 spiro atoms. The quantitative estimate of drug-likeness (QED) is 0.548. The van der Waals surface area contributed by atoms with Crippen molar-refractivity contribution >= 4 is 23.4 Å². The molecule has 0 bridgehead atoms. The number of aliphatic hydroxyl groups is 1. The van der Waals surface area contributed by atoms with Crippen LogP contribution < -0.4 is 10.9 Å². The zero-order chi connectivity index (χ0) is 17.7. The van der Waals surface area contributed by atoms with Gasteiger partial charge in [0, 0.05) is 30.0 Å². The number of nitrogens with zero attached hydrogens (tertiary/aromatic N) is 1. The van der Waals surface area contributed by atoms with E-state index in [1.54, 1.807) is 6.92 Å². The van der Waals surface area contributed by atoms with Crippen LogP contribution in [0, 0.1) is 20.8 Å². The number of nitrogens with one attached hydrogen (secondary N) is 2. The molecule has 0 saturated heterocycles. The van der Waals surface area contributed by atoms with Gasteiger partial charge in [-0.15, -0.1) is 0 Å². The van der Waals surface area contributed by atoms with Crippen LogP contribution in [0.25, 0.3) is 0 Å². The smallest absolute Gasteiger partial charge is 0.255 e. The van der Waals surface area contributed by atoms with Crippen molar-refractivity contribution in [1.29, 1.82) is 0 Å². The van der Waals surface area contributed by atoms with Gasteiger partial charge in [0.25, 0.3) is 5.56 Å². The van der Waals surface area contributed by atoms with Gasteiger partial charge in [0.2, 0.25) is 5.91 Å². The minimum atomic E-state index is -0.269. The Hall–Kier alpha value is -2.12. The van der Waals surface area contributed by atoms with Crippen LogP contribution in [0.2, 0.25) is 0 Å². The summed E-state index contributed by atoms with van der Waals surface area (Å²) in [5, 5.41) is 12.2. The number of carbonyl (C=O) groups excluding carboxylic acids is 1. The summed E-state index contributed by atoms with van der Waals surface area (Å²) in [4.78, 5) is 31.0. The molecule has 0 radical (unpaired) electrons. The number of aryl methyl sites for hydroxylation is 2. The normalized spacial score (nSPS) is 10.7. The zero-order valence-electron chi connectivity index (χ0n) is 14.0. The minimum absolute atomic E-state index is 0.101. The van der Waals surface area contributed by atoms with Crippen molar-refractivity contribution in [3.8, 4) is 0 Å². The highest BCUT2D eigenvalue weighted by atomic mass is 32.2. The van der Waals surface area contributed by atoms with Gasteiger partial charge >= 0.3 is 0 Å². The third-order valence-corrected chi connectivity index (χ3v) is 4.65. The Balaban J connectivity index is 2.02. The molecule has 3 N–H and O–H groups in total. The molecule has 0 fully saturated rings. The van der Waals surface area contributed by atoms with E-state index in [0.29, 0.717) is 16.4 Å². The summed E-state index contributed by atoms with van der Waals surface area (Å²) < 4.78 is 0. The zero-order valence-corrected chi connectivity index (χ0v) is 14.8. The summed E-state index contributed by atoms with van der Waals surface area (Å²) in [7, 11) is 0. The predicted octanol–water partition coefficient (Wildman–Crippen LogP) is 1.96. The van der Waals surface area contributed by atoms with E-state index in [4.69, 9.17) is 5.11 Å². The van der Waals surface area contributed by atoms with E-state index in [1.807, 2.05) is 32.0 Å². The summed E-state index contributed by atoms with van der Waals surface area (Å²) in [6.07, 6.45) is 0.270. The van der Waals surface area contributed by atoms with Crippen molar-refractivity contribution in [2.45, 2.75) is 32.3 Å². The molecule has 7 heteroatoms. The Kier molecular flexibility index (Phi) is 6.16. The Labute approximate surface area is 144 Å². The molecule has 0 atom stereocenters. The average Bonchev–Trinajstić information content (AvgIpc) is 2.53. The van der Waals surface area contributed by atoms with E-state index in [-0.39, 0.29) is 30.2 Å². The standard InChI is InChI=1S/C17H21N3O3S/c1-10-5-4-6-14(11(10)2)19-15(22)9-24-17-18-12(3)13(7-8-21)16(23)20-17/h4-6,21H,7-9H2,1-3H3,(H,19,22)(H,18,20,23). The molecule has 0 saturated carbocycles. The third-order valence-electron chi connectivity index (χ3n) is 3.78. The van der Waals surface area contributed by atoms with Crippen LogP contribution in [-0.2, 0) is 11.2 Å². The first-order chi connectivity index (χ1) is 11.4. The summed E-state index contributed by atoms with van der Waals surface area (Å²) in [5.41, 5.74) is 3.71. The van der Waals surface area contributed by atoms with Crippen molar-refractivity contribution < 1.29 is 9.90 Å². The van der Waals surface area contributed by atoms with Crippen LogP contribution in [-0.4, -0.2) is 33.3 Å². The lowest BCUT2D eigenvalue weighted by Crippen LogP contribution is -2.20. The lowest BCUT2D eigenvalue weighted by molar-refractivity contribution is -0.113. The van der Waals surface area contributed by atoms with E-state index < -0.39 is 0 Å². The first kappa shape index (κ1) is 18.2. The molecule has 2 aromatic rings. The molecule has 0 unspecified atom stereocenters. The van der Waals surface area contributed by atoms with Crippen molar-refractivity contribution in [2.24, 2.45) is 0 Å². The van der Waals surface area contributed by atoms with E-state index in [0.717, 1.165) is 16.8 Å². The Morgan fingerprint density at radius 2 is 2.08 bits per heavy atom. The lowest BCUT2D eigenvalue weighted by atomic mass is 10.1. The fraction of sp³-hybridized carbons (Fsp3) is 0.353. The van der Waals surface area contributed by atoms with Gasteiger partial charge in [-0.25, -0.2) is 4.98 Å². The topological polar surface area (TPSA) is 95.1 Å². The molecule has 1 aromatic heterocycles. The molecule has 0 aliphatic carbocycles. The molecular weight excluding hydrogens is 326 g/mol. The van der Waals surface area contributed by atoms with Crippen LogP contribution in [0.15, 0.2) is 28.2 Å². The Bertz CT molecular complexity index is 802. The highest BCUT2D eigenvalue weighted by Gasteiger charge is 2.11. The summed E-state index contributed by atoms with van der Waals surface area (Å²) in [6, 6.07) is 5.75. The van der Waals surface area contributed by atoms with Crippen molar-refractivity contribution in [3.05, 3.63) is 50.9 Å². The summed E-state index contributed by atoms with van der Waals surface area (Å²) in [5.74, 6) is -0.0109. The van der Waals surface area contributed by atoms with Crippen LogP contribution in [0.3, 0.4) is 0 Å². The minimum Gasteiger partial charge on any atom is -0.396 e. The monoisotopic (exact) mass is 347 g/mol. The highest BCUT2D eigenvalue weighted by Crippen LogP contribution is 2.19. The number of anilines is 1. The molecule has 0 aliphatic heterocycles. The maximum absolute atomic E-state index is 12.1. The third kappa shape index (κ3) is 4.46. The van der Waals surface area contributed by atoms with Gasteiger partial charge in [-0.05, 0) is 38.0 Å². The van der Waals surface area contributed by atoms with Gasteiger partial charge in [0.05, 0.1) is 5.75 Å². The second kappa shape index (κ2) is 8.12. The second-order valence-corrected chi connectivity index (χ2v) is 6.46. The Morgan fingerprint density at radius 3 is 2.75 bits per heavy atom. The molecule has 6 nitrogen and oxygen atoms in total. The summed E-state index contributed by atoms with van der Waals surface area (Å²) in [6.45, 7) is 5.57. The van der Waals surface area contributed by atoms with Gasteiger partial charge in [-0.3, -0.25) is 9.59 Å². The number of H-pyrrole nitrogens is 1. The van der Waals surface area contributed by atoms with Crippen LogP contribution in [0.5, 0.6) is 0 Å². The van der Waals surface area contributed by atoms with Gasteiger partial charge in [-0.1, -0.05) is 23.9 Å². The fourth-order valence-electron chi connectivity index (χ4n) is 2.27. The molecule has 1 aromatic carbocycles. The maximum Gasteiger partial charge on any atom is 0.255 e. The first-order valence-corrected chi connectivity index (χ1v) is 8.60. The fourth-order valence-corrected chi connectivity index (χ4v) is 2.97. The first-order valence-electron chi connectivity index (χ1n) is 7.62.